The van der Waals surface area contributed by atoms with E-state index in [1.54, 1.807) is 14.2 Å². The molecule has 0 aliphatic heterocycles. The Balaban J connectivity index is 1.61. The molecule has 1 fully saturated rings. The number of benzene rings is 1. The molecule has 0 amide bonds. The Bertz CT molecular complexity index is 642. The molecule has 116 valence electrons. The van der Waals surface area contributed by atoms with Gasteiger partial charge in [0.2, 0.25) is 0 Å². The highest BCUT2D eigenvalue weighted by molar-refractivity contribution is 5.41. The van der Waals surface area contributed by atoms with Gasteiger partial charge in [-0.3, -0.25) is 0 Å². The van der Waals surface area contributed by atoms with Crippen molar-refractivity contribution in [1.29, 1.82) is 0 Å². The molecule has 3 rings (SSSR count). The van der Waals surface area contributed by atoms with Gasteiger partial charge >= 0.3 is 0 Å². The Hall–Kier alpha value is -2.30. The summed E-state index contributed by atoms with van der Waals surface area (Å²) in [5.41, 5.74) is 1.12. The molecule has 0 atom stereocenters. The van der Waals surface area contributed by atoms with Crippen LogP contribution in [-0.2, 0) is 6.42 Å². The zero-order valence-electron chi connectivity index (χ0n) is 13.0. The third-order valence-corrected chi connectivity index (χ3v) is 3.80. The van der Waals surface area contributed by atoms with Crippen LogP contribution in [0.2, 0.25) is 0 Å². The predicted octanol–water partition coefficient (Wildman–Crippen LogP) is 3.03. The topological polar surface area (TPSA) is 56.3 Å². The summed E-state index contributed by atoms with van der Waals surface area (Å²) in [6.45, 7) is 0.782. The lowest BCUT2D eigenvalue weighted by Crippen LogP contribution is -2.08. The molecule has 1 heterocycles. The largest absolute Gasteiger partial charge is 0.497 e. The molecule has 2 aromatic rings. The summed E-state index contributed by atoms with van der Waals surface area (Å²) in [5, 5.41) is 3.36. The molecule has 1 N–H and O–H groups in total. The van der Waals surface area contributed by atoms with Crippen LogP contribution in [0.4, 0.5) is 5.82 Å². The molecule has 1 aromatic carbocycles. The van der Waals surface area contributed by atoms with Crippen molar-refractivity contribution in [1.82, 2.24) is 9.97 Å². The summed E-state index contributed by atoms with van der Waals surface area (Å²) in [4.78, 5) is 8.89. The van der Waals surface area contributed by atoms with E-state index >= 15 is 0 Å². The Morgan fingerprint density at radius 3 is 2.77 bits per heavy atom. The summed E-state index contributed by atoms with van der Waals surface area (Å²) in [6, 6.07) is 7.76. The maximum Gasteiger partial charge on any atom is 0.133 e. The number of ether oxygens (including phenoxy) is 2. The molecular formula is C17H21N3O2. The minimum absolute atomic E-state index is 0.570. The summed E-state index contributed by atoms with van der Waals surface area (Å²) in [6.07, 6.45) is 5.09. The fourth-order valence-electron chi connectivity index (χ4n) is 2.41. The van der Waals surface area contributed by atoms with Crippen LogP contribution in [0.15, 0.2) is 30.5 Å². The van der Waals surface area contributed by atoms with Gasteiger partial charge < -0.3 is 14.8 Å². The van der Waals surface area contributed by atoms with Crippen LogP contribution in [-0.4, -0.2) is 30.7 Å². The van der Waals surface area contributed by atoms with E-state index in [-0.39, 0.29) is 0 Å². The van der Waals surface area contributed by atoms with Gasteiger partial charge in [0, 0.05) is 18.7 Å². The number of anilines is 1. The second-order valence-corrected chi connectivity index (χ2v) is 5.43. The SMILES string of the molecule is COc1ccc(OC)c(CCNc2ccnc(C3CC3)n2)c1. The molecule has 0 spiro atoms. The maximum atomic E-state index is 5.40. The fourth-order valence-corrected chi connectivity index (χ4v) is 2.41. The van der Waals surface area contributed by atoms with Crippen LogP contribution in [0.5, 0.6) is 11.5 Å². The fraction of sp³-hybridized carbons (Fsp3) is 0.412. The first-order chi connectivity index (χ1) is 10.8. The maximum absolute atomic E-state index is 5.40. The Morgan fingerprint density at radius 1 is 1.18 bits per heavy atom. The molecule has 5 heteroatoms. The lowest BCUT2D eigenvalue weighted by atomic mass is 10.1. The van der Waals surface area contributed by atoms with Crippen LogP contribution >= 0.6 is 0 Å². The highest BCUT2D eigenvalue weighted by Crippen LogP contribution is 2.38. The predicted molar refractivity (Wildman–Crippen MR) is 85.7 cm³/mol. The van der Waals surface area contributed by atoms with Gasteiger partial charge in [-0.15, -0.1) is 0 Å². The summed E-state index contributed by atoms with van der Waals surface area (Å²) in [7, 11) is 3.36. The molecule has 0 unspecified atom stereocenters. The van der Waals surface area contributed by atoms with Crippen molar-refractivity contribution >= 4 is 5.82 Å². The van der Waals surface area contributed by atoms with Crippen molar-refractivity contribution in [3.05, 3.63) is 41.9 Å². The molecule has 1 saturated carbocycles. The molecule has 1 aliphatic rings. The van der Waals surface area contributed by atoms with Crippen molar-refractivity contribution in [2.75, 3.05) is 26.1 Å². The smallest absolute Gasteiger partial charge is 0.133 e. The van der Waals surface area contributed by atoms with Gasteiger partial charge in [-0.05, 0) is 49.1 Å². The third-order valence-electron chi connectivity index (χ3n) is 3.80. The normalized spacial score (nSPS) is 13.7. The molecular weight excluding hydrogens is 278 g/mol. The number of hydrogen-bond acceptors (Lipinski definition) is 5. The first-order valence-corrected chi connectivity index (χ1v) is 7.58. The van der Waals surface area contributed by atoms with E-state index < -0.39 is 0 Å². The second-order valence-electron chi connectivity index (χ2n) is 5.43. The second kappa shape index (κ2) is 6.64. The number of hydrogen-bond donors (Lipinski definition) is 1. The number of nitrogens with one attached hydrogen (secondary N) is 1. The lowest BCUT2D eigenvalue weighted by molar-refractivity contribution is 0.399. The van der Waals surface area contributed by atoms with Crippen LogP contribution < -0.4 is 14.8 Å². The quantitative estimate of drug-likeness (QED) is 0.851. The molecule has 22 heavy (non-hydrogen) atoms. The molecule has 0 saturated heterocycles. The molecule has 0 radical (unpaired) electrons. The zero-order valence-corrected chi connectivity index (χ0v) is 13.0. The third kappa shape index (κ3) is 3.47. The monoisotopic (exact) mass is 299 g/mol. The number of nitrogens with zero attached hydrogens (tertiary/aromatic N) is 2. The average molecular weight is 299 g/mol. The van der Waals surface area contributed by atoms with Gasteiger partial charge in [-0.1, -0.05) is 0 Å². The van der Waals surface area contributed by atoms with Crippen LogP contribution in [0.1, 0.15) is 30.1 Å². The van der Waals surface area contributed by atoms with Gasteiger partial charge in [-0.2, -0.15) is 0 Å². The Labute approximate surface area is 130 Å². The summed E-state index contributed by atoms with van der Waals surface area (Å²) >= 11 is 0. The Kier molecular flexibility index (Phi) is 4.42. The number of aromatic nitrogens is 2. The standard InChI is InChI=1S/C17H21N3O2/c1-21-14-5-6-15(22-2)13(11-14)7-9-18-16-8-10-19-17(20-16)12-3-4-12/h5-6,8,10-12H,3-4,7,9H2,1-2H3,(H,18,19,20). The van der Waals surface area contributed by atoms with Gasteiger partial charge in [0.05, 0.1) is 14.2 Å². The van der Waals surface area contributed by atoms with E-state index in [0.29, 0.717) is 5.92 Å². The van der Waals surface area contributed by atoms with Crippen LogP contribution in [0.25, 0.3) is 0 Å². The van der Waals surface area contributed by atoms with Gasteiger partial charge in [0.25, 0.3) is 0 Å². The minimum Gasteiger partial charge on any atom is -0.497 e. The van der Waals surface area contributed by atoms with Crippen molar-refractivity contribution in [3.8, 4) is 11.5 Å². The highest BCUT2D eigenvalue weighted by atomic mass is 16.5. The van der Waals surface area contributed by atoms with Gasteiger partial charge in [0.15, 0.2) is 0 Å². The number of rotatable bonds is 7. The average Bonchev–Trinajstić information content (AvgIpc) is 3.40. The van der Waals surface area contributed by atoms with E-state index in [0.717, 1.165) is 41.7 Å². The Morgan fingerprint density at radius 2 is 2.05 bits per heavy atom. The minimum atomic E-state index is 0.570. The highest BCUT2D eigenvalue weighted by Gasteiger charge is 2.26. The van der Waals surface area contributed by atoms with Crippen molar-refractivity contribution in [3.63, 3.8) is 0 Å². The van der Waals surface area contributed by atoms with Crippen molar-refractivity contribution < 1.29 is 9.47 Å². The van der Waals surface area contributed by atoms with Crippen LogP contribution in [0.3, 0.4) is 0 Å². The van der Waals surface area contributed by atoms with Gasteiger partial charge in [0.1, 0.15) is 23.1 Å². The van der Waals surface area contributed by atoms with E-state index in [4.69, 9.17) is 9.47 Å². The molecule has 0 bridgehead atoms. The van der Waals surface area contributed by atoms with E-state index in [1.165, 1.54) is 12.8 Å². The zero-order chi connectivity index (χ0) is 15.4. The molecule has 1 aliphatic carbocycles. The molecule has 5 nitrogen and oxygen atoms in total. The first-order valence-electron chi connectivity index (χ1n) is 7.58. The van der Waals surface area contributed by atoms with E-state index in [2.05, 4.69) is 15.3 Å². The number of methoxy groups -OCH3 is 2. The molecule has 1 aromatic heterocycles. The lowest BCUT2D eigenvalue weighted by Gasteiger charge is -2.11. The van der Waals surface area contributed by atoms with E-state index in [9.17, 15) is 0 Å². The summed E-state index contributed by atoms with van der Waals surface area (Å²) in [5.74, 6) is 4.14. The van der Waals surface area contributed by atoms with Crippen molar-refractivity contribution in [2.24, 2.45) is 0 Å². The van der Waals surface area contributed by atoms with Crippen LogP contribution in [0, 0.1) is 0 Å². The summed E-state index contributed by atoms with van der Waals surface area (Å²) < 4.78 is 10.7. The first kappa shape index (κ1) is 14.6. The van der Waals surface area contributed by atoms with Gasteiger partial charge in [-0.25, -0.2) is 9.97 Å². The van der Waals surface area contributed by atoms with Crippen molar-refractivity contribution in [2.45, 2.75) is 25.2 Å². The van der Waals surface area contributed by atoms with E-state index in [1.807, 2.05) is 30.5 Å².